The van der Waals surface area contributed by atoms with E-state index in [-0.39, 0.29) is 0 Å². The molecule has 0 bridgehead atoms. The molecule has 0 saturated carbocycles. The lowest BCUT2D eigenvalue weighted by molar-refractivity contribution is 1.14. The Kier molecular flexibility index (Phi) is 4.87. The number of aromatic nitrogens is 2. The molecule has 6 aromatic carbocycles. The van der Waals surface area contributed by atoms with Crippen LogP contribution in [0, 0.1) is 22.7 Å². The van der Waals surface area contributed by atoms with Gasteiger partial charge >= 0.3 is 0 Å². The molecule has 0 unspecified atom stereocenters. The van der Waals surface area contributed by atoms with Crippen LogP contribution in [-0.2, 0) is 0 Å². The van der Waals surface area contributed by atoms with Crippen LogP contribution in [0.15, 0.2) is 121 Å². The molecule has 0 aliphatic carbocycles. The van der Waals surface area contributed by atoms with E-state index < -0.39 is 0 Å². The third-order valence-corrected chi connectivity index (χ3v) is 9.68. The van der Waals surface area contributed by atoms with Crippen molar-refractivity contribution in [3.63, 3.8) is 0 Å². The maximum absolute atomic E-state index is 9.70. The zero-order valence-corrected chi connectivity index (χ0v) is 23.6. The summed E-state index contributed by atoms with van der Waals surface area (Å²) in [6.07, 6.45) is 0. The number of hydrogen-bond acceptors (Lipinski definition) is 3. The van der Waals surface area contributed by atoms with Crippen LogP contribution in [-0.4, -0.2) is 9.13 Å². The summed E-state index contributed by atoms with van der Waals surface area (Å²) in [4.78, 5) is 0. The molecule has 4 nitrogen and oxygen atoms in total. The lowest BCUT2D eigenvalue weighted by Crippen LogP contribution is -1.98. The Morgan fingerprint density at radius 2 is 1.07 bits per heavy atom. The lowest BCUT2D eigenvalue weighted by atomic mass is 10.1. The van der Waals surface area contributed by atoms with E-state index in [1.54, 1.807) is 11.3 Å². The second-order valence-corrected chi connectivity index (χ2v) is 11.9. The molecule has 0 saturated heterocycles. The highest BCUT2D eigenvalue weighted by Crippen LogP contribution is 2.43. The van der Waals surface area contributed by atoms with Crippen molar-refractivity contribution < 1.29 is 0 Å². The topological polar surface area (TPSA) is 57.4 Å². The summed E-state index contributed by atoms with van der Waals surface area (Å²) in [5, 5.41) is 26.2. The molecule has 9 aromatic rings. The molecular weight excluding hydrogens is 545 g/mol. The predicted molar refractivity (Wildman–Crippen MR) is 177 cm³/mol. The third-order valence-electron chi connectivity index (χ3n) is 8.54. The van der Waals surface area contributed by atoms with Crippen LogP contribution in [0.5, 0.6) is 0 Å². The maximum Gasteiger partial charge on any atom is 0.0991 e. The first-order valence-electron chi connectivity index (χ1n) is 14.1. The average Bonchev–Trinajstić information content (AvgIpc) is 3.71. The van der Waals surface area contributed by atoms with Crippen LogP contribution in [0.4, 0.5) is 0 Å². The largest absolute Gasteiger partial charge is 0.309 e. The molecule has 43 heavy (non-hydrogen) atoms. The summed E-state index contributed by atoms with van der Waals surface area (Å²) < 4.78 is 7.05. The number of thiophene rings is 1. The smallest absolute Gasteiger partial charge is 0.0991 e. The van der Waals surface area contributed by atoms with Gasteiger partial charge in [-0.15, -0.1) is 11.3 Å². The SMILES string of the molecule is N#Cc1ccc2sc3ccc4c5ccccc5n(-c5cccc(-n6c7ccccc7c7cc(C#N)ccc76)c5)c4c3c2c1. The summed E-state index contributed by atoms with van der Waals surface area (Å²) in [6.45, 7) is 0. The van der Waals surface area contributed by atoms with Gasteiger partial charge in [0.1, 0.15) is 0 Å². The molecule has 0 N–H and O–H groups in total. The van der Waals surface area contributed by atoms with Crippen LogP contribution < -0.4 is 0 Å². The van der Waals surface area contributed by atoms with E-state index in [4.69, 9.17) is 0 Å². The van der Waals surface area contributed by atoms with Gasteiger partial charge in [0, 0.05) is 53.1 Å². The van der Waals surface area contributed by atoms with E-state index in [0.29, 0.717) is 11.1 Å². The minimum Gasteiger partial charge on any atom is -0.309 e. The Morgan fingerprint density at radius 1 is 0.465 bits per heavy atom. The van der Waals surface area contributed by atoms with Crippen LogP contribution in [0.1, 0.15) is 11.1 Å². The van der Waals surface area contributed by atoms with Crippen molar-refractivity contribution in [2.45, 2.75) is 0 Å². The van der Waals surface area contributed by atoms with Gasteiger partial charge < -0.3 is 9.13 Å². The molecule has 3 aromatic heterocycles. The molecule has 0 aliphatic rings. The summed E-state index contributed by atoms with van der Waals surface area (Å²) in [5.74, 6) is 0. The van der Waals surface area contributed by atoms with Crippen LogP contribution in [0.25, 0.3) is 75.2 Å². The molecule has 0 amide bonds. The zero-order valence-electron chi connectivity index (χ0n) is 22.7. The van der Waals surface area contributed by atoms with Gasteiger partial charge in [-0.05, 0) is 72.8 Å². The first-order valence-corrected chi connectivity index (χ1v) is 14.9. The fraction of sp³-hybridized carbons (Fsp3) is 0. The second-order valence-electron chi connectivity index (χ2n) is 10.8. The summed E-state index contributed by atoms with van der Waals surface area (Å²) in [6, 6.07) is 46.7. The minimum absolute atomic E-state index is 0.654. The van der Waals surface area contributed by atoms with Gasteiger partial charge in [0.25, 0.3) is 0 Å². The van der Waals surface area contributed by atoms with E-state index in [0.717, 1.165) is 49.6 Å². The van der Waals surface area contributed by atoms with E-state index in [1.807, 2.05) is 30.3 Å². The van der Waals surface area contributed by atoms with Crippen molar-refractivity contribution in [2.24, 2.45) is 0 Å². The number of hydrogen-bond donors (Lipinski definition) is 0. The van der Waals surface area contributed by atoms with Crippen LogP contribution in [0.2, 0.25) is 0 Å². The van der Waals surface area contributed by atoms with Gasteiger partial charge in [0.05, 0.1) is 45.3 Å². The summed E-state index contributed by atoms with van der Waals surface area (Å²) in [7, 11) is 0. The van der Waals surface area contributed by atoms with Gasteiger partial charge in [-0.2, -0.15) is 10.5 Å². The fourth-order valence-electron chi connectivity index (χ4n) is 6.75. The van der Waals surface area contributed by atoms with Crippen molar-refractivity contribution in [1.29, 1.82) is 10.5 Å². The highest BCUT2D eigenvalue weighted by Gasteiger charge is 2.19. The number of nitriles is 2. The Labute approximate surface area is 250 Å². The predicted octanol–water partition coefficient (Wildman–Crippen LogP) is 9.99. The van der Waals surface area contributed by atoms with E-state index in [2.05, 4.69) is 112 Å². The van der Waals surface area contributed by atoms with Crippen LogP contribution >= 0.6 is 11.3 Å². The molecule has 9 rings (SSSR count). The highest BCUT2D eigenvalue weighted by atomic mass is 32.1. The number of para-hydroxylation sites is 2. The summed E-state index contributed by atoms with van der Waals surface area (Å²) in [5.41, 5.74) is 7.88. The molecule has 0 radical (unpaired) electrons. The molecule has 5 heteroatoms. The maximum atomic E-state index is 9.70. The summed E-state index contributed by atoms with van der Waals surface area (Å²) >= 11 is 1.77. The van der Waals surface area contributed by atoms with Crippen molar-refractivity contribution in [3.8, 4) is 23.5 Å². The molecule has 0 fully saturated rings. The van der Waals surface area contributed by atoms with Gasteiger partial charge in [0.15, 0.2) is 0 Å². The standard InChI is InChI=1S/C38H20N4S/c39-21-23-12-15-34-30(18-23)28-9-2-3-10-32(28)41(34)25-6-5-7-26(20-25)42-33-11-4-1-8-27(33)29-14-17-36-37(38(29)42)31-19-24(22-40)13-16-35(31)43-36/h1-20H. The second kappa shape index (κ2) is 8.81. The lowest BCUT2D eigenvalue weighted by Gasteiger charge is -2.13. The van der Waals surface area contributed by atoms with Crippen LogP contribution in [0.3, 0.4) is 0 Å². The minimum atomic E-state index is 0.654. The Hall–Kier alpha value is -5.88. The monoisotopic (exact) mass is 564 g/mol. The number of nitrogens with zero attached hydrogens (tertiary/aromatic N) is 4. The quantitative estimate of drug-likeness (QED) is 0.210. The van der Waals surface area contributed by atoms with E-state index in [9.17, 15) is 10.5 Å². The number of benzene rings is 6. The van der Waals surface area contributed by atoms with Crippen molar-refractivity contribution >= 4 is 75.1 Å². The first-order chi connectivity index (χ1) is 21.2. The Morgan fingerprint density at radius 3 is 1.84 bits per heavy atom. The van der Waals surface area contributed by atoms with Crippen molar-refractivity contribution in [2.75, 3.05) is 0 Å². The third kappa shape index (κ3) is 3.29. The Balaban J connectivity index is 1.40. The first kappa shape index (κ1) is 23.8. The molecular formula is C38H20N4S. The molecule has 0 aliphatic heterocycles. The molecule has 0 spiro atoms. The molecule has 198 valence electrons. The van der Waals surface area contributed by atoms with Crippen molar-refractivity contribution in [3.05, 3.63) is 132 Å². The van der Waals surface area contributed by atoms with Gasteiger partial charge in [-0.25, -0.2) is 0 Å². The van der Waals surface area contributed by atoms with E-state index in [1.165, 1.54) is 25.6 Å². The average molecular weight is 565 g/mol. The zero-order chi connectivity index (χ0) is 28.7. The van der Waals surface area contributed by atoms with Crippen molar-refractivity contribution in [1.82, 2.24) is 9.13 Å². The highest BCUT2D eigenvalue weighted by molar-refractivity contribution is 7.26. The number of rotatable bonds is 2. The van der Waals surface area contributed by atoms with Gasteiger partial charge in [0.2, 0.25) is 0 Å². The van der Waals surface area contributed by atoms with E-state index >= 15 is 0 Å². The molecule has 0 atom stereocenters. The van der Waals surface area contributed by atoms with Gasteiger partial charge in [-0.3, -0.25) is 0 Å². The number of fused-ring (bicyclic) bond motifs is 10. The normalized spacial score (nSPS) is 11.7. The fourth-order valence-corrected chi connectivity index (χ4v) is 7.84. The van der Waals surface area contributed by atoms with Gasteiger partial charge in [-0.1, -0.05) is 48.5 Å². The molecule has 3 heterocycles. The Bertz CT molecular complexity index is 2710.